The van der Waals surface area contributed by atoms with Gasteiger partial charge < -0.3 is 24.1 Å². The molecule has 0 saturated carbocycles. The minimum absolute atomic E-state index is 0.119. The van der Waals surface area contributed by atoms with E-state index in [1.165, 1.54) is 0 Å². The minimum atomic E-state index is -0.119. The van der Waals surface area contributed by atoms with E-state index in [2.05, 4.69) is 0 Å². The van der Waals surface area contributed by atoms with Crippen LogP contribution in [0.3, 0.4) is 0 Å². The van der Waals surface area contributed by atoms with Gasteiger partial charge in [-0.1, -0.05) is 12.1 Å². The average molecular weight is 318 g/mol. The zero-order valence-electron chi connectivity index (χ0n) is 13.7. The van der Waals surface area contributed by atoms with Gasteiger partial charge >= 0.3 is 0 Å². The highest BCUT2D eigenvalue weighted by Crippen LogP contribution is 2.30. The lowest BCUT2D eigenvalue weighted by atomic mass is 10.1. The molecule has 23 heavy (non-hydrogen) atoms. The summed E-state index contributed by atoms with van der Waals surface area (Å²) in [5.41, 5.74) is 2.56. The SMILES string of the molecule is COc1ccc(COCc2cc(OC)cc(CO)c2OC)cc1. The van der Waals surface area contributed by atoms with Crippen LogP contribution in [0.2, 0.25) is 0 Å². The van der Waals surface area contributed by atoms with Gasteiger partial charge in [-0.05, 0) is 29.8 Å². The van der Waals surface area contributed by atoms with Gasteiger partial charge in [-0.2, -0.15) is 0 Å². The van der Waals surface area contributed by atoms with Crippen molar-refractivity contribution in [3.8, 4) is 17.2 Å². The summed E-state index contributed by atoms with van der Waals surface area (Å²) in [6.07, 6.45) is 0. The molecule has 0 fully saturated rings. The Morgan fingerprint density at radius 3 is 2.00 bits per heavy atom. The Bertz CT molecular complexity index is 622. The van der Waals surface area contributed by atoms with Crippen LogP contribution in [0.1, 0.15) is 16.7 Å². The summed E-state index contributed by atoms with van der Waals surface area (Å²) in [6.45, 7) is 0.712. The summed E-state index contributed by atoms with van der Waals surface area (Å²) in [6, 6.07) is 11.3. The number of methoxy groups -OCH3 is 3. The Hall–Kier alpha value is -2.24. The summed E-state index contributed by atoms with van der Waals surface area (Å²) < 4.78 is 21.5. The Kier molecular flexibility index (Phi) is 6.26. The van der Waals surface area contributed by atoms with Crippen molar-refractivity contribution in [3.63, 3.8) is 0 Å². The number of benzene rings is 2. The van der Waals surface area contributed by atoms with Gasteiger partial charge in [-0.15, -0.1) is 0 Å². The molecule has 0 bridgehead atoms. The molecule has 2 rings (SSSR count). The van der Waals surface area contributed by atoms with Gasteiger partial charge in [0.2, 0.25) is 0 Å². The lowest BCUT2D eigenvalue weighted by Gasteiger charge is -2.15. The summed E-state index contributed by atoms with van der Waals surface area (Å²) in [5, 5.41) is 9.46. The van der Waals surface area contributed by atoms with E-state index in [-0.39, 0.29) is 6.61 Å². The predicted octanol–water partition coefficient (Wildman–Crippen LogP) is 2.92. The standard InChI is InChI=1S/C18H22O5/c1-20-16-6-4-13(5-7-16)11-23-12-15-9-17(21-2)8-14(10-19)18(15)22-3/h4-9,19H,10-12H2,1-3H3. The monoisotopic (exact) mass is 318 g/mol. The van der Waals surface area contributed by atoms with Gasteiger partial charge in [0.15, 0.2) is 0 Å². The van der Waals surface area contributed by atoms with Crippen molar-refractivity contribution in [2.24, 2.45) is 0 Å². The Morgan fingerprint density at radius 1 is 0.783 bits per heavy atom. The molecule has 0 atom stereocenters. The highest BCUT2D eigenvalue weighted by Gasteiger charge is 2.12. The lowest BCUT2D eigenvalue weighted by Crippen LogP contribution is -2.02. The van der Waals surface area contributed by atoms with Crippen LogP contribution < -0.4 is 14.2 Å². The van der Waals surface area contributed by atoms with E-state index in [9.17, 15) is 5.11 Å². The molecule has 0 spiro atoms. The van der Waals surface area contributed by atoms with E-state index in [1.54, 1.807) is 27.4 Å². The molecule has 2 aromatic rings. The Labute approximate surface area is 136 Å². The zero-order valence-corrected chi connectivity index (χ0v) is 13.7. The number of rotatable bonds is 8. The molecule has 0 heterocycles. The van der Waals surface area contributed by atoms with E-state index in [0.717, 1.165) is 16.9 Å². The van der Waals surface area contributed by atoms with Gasteiger partial charge in [0.25, 0.3) is 0 Å². The third-order valence-electron chi connectivity index (χ3n) is 3.51. The van der Waals surface area contributed by atoms with E-state index in [0.29, 0.717) is 30.3 Å². The van der Waals surface area contributed by atoms with Crippen molar-refractivity contribution in [2.75, 3.05) is 21.3 Å². The smallest absolute Gasteiger partial charge is 0.130 e. The van der Waals surface area contributed by atoms with Gasteiger partial charge in [0.05, 0.1) is 41.2 Å². The molecule has 0 unspecified atom stereocenters. The fraction of sp³-hybridized carbons (Fsp3) is 0.333. The van der Waals surface area contributed by atoms with Crippen LogP contribution in [0, 0.1) is 0 Å². The number of aliphatic hydroxyl groups is 1. The van der Waals surface area contributed by atoms with Crippen LogP contribution in [0.25, 0.3) is 0 Å². The molecule has 0 saturated heterocycles. The van der Waals surface area contributed by atoms with Gasteiger partial charge in [-0.3, -0.25) is 0 Å². The van der Waals surface area contributed by atoms with Crippen molar-refractivity contribution < 1.29 is 24.1 Å². The molecule has 0 radical (unpaired) electrons. The van der Waals surface area contributed by atoms with Crippen LogP contribution in [0.5, 0.6) is 17.2 Å². The molecule has 5 nitrogen and oxygen atoms in total. The van der Waals surface area contributed by atoms with Crippen LogP contribution in [-0.2, 0) is 24.6 Å². The van der Waals surface area contributed by atoms with Gasteiger partial charge in [0, 0.05) is 11.1 Å². The second kappa shape index (κ2) is 8.41. The number of hydrogen-bond acceptors (Lipinski definition) is 5. The maximum Gasteiger partial charge on any atom is 0.130 e. The molecule has 2 aromatic carbocycles. The first kappa shape index (κ1) is 17.1. The number of hydrogen-bond donors (Lipinski definition) is 1. The van der Waals surface area contributed by atoms with Crippen LogP contribution in [0.4, 0.5) is 0 Å². The topological polar surface area (TPSA) is 57.2 Å². The van der Waals surface area contributed by atoms with Crippen molar-refractivity contribution in [1.82, 2.24) is 0 Å². The van der Waals surface area contributed by atoms with E-state index >= 15 is 0 Å². The zero-order chi connectivity index (χ0) is 16.7. The summed E-state index contributed by atoms with van der Waals surface area (Å²) >= 11 is 0. The van der Waals surface area contributed by atoms with Crippen molar-refractivity contribution in [2.45, 2.75) is 19.8 Å². The van der Waals surface area contributed by atoms with Crippen molar-refractivity contribution in [1.29, 1.82) is 0 Å². The van der Waals surface area contributed by atoms with Crippen molar-refractivity contribution >= 4 is 0 Å². The first-order chi connectivity index (χ1) is 11.2. The number of aliphatic hydroxyl groups excluding tert-OH is 1. The maximum absolute atomic E-state index is 9.46. The highest BCUT2D eigenvalue weighted by molar-refractivity contribution is 5.46. The summed E-state index contributed by atoms with van der Waals surface area (Å²) in [7, 11) is 4.80. The molecule has 0 amide bonds. The van der Waals surface area contributed by atoms with E-state index in [1.807, 2.05) is 30.3 Å². The molecule has 5 heteroatoms. The molecular formula is C18H22O5. The van der Waals surface area contributed by atoms with Gasteiger partial charge in [0.1, 0.15) is 17.2 Å². The normalized spacial score (nSPS) is 10.4. The average Bonchev–Trinajstić information content (AvgIpc) is 2.61. The van der Waals surface area contributed by atoms with Crippen LogP contribution >= 0.6 is 0 Å². The third kappa shape index (κ3) is 4.37. The highest BCUT2D eigenvalue weighted by atomic mass is 16.5. The Morgan fingerprint density at radius 2 is 1.43 bits per heavy atom. The molecule has 1 N–H and O–H groups in total. The number of ether oxygens (including phenoxy) is 4. The lowest BCUT2D eigenvalue weighted by molar-refractivity contribution is 0.105. The molecule has 0 aliphatic rings. The third-order valence-corrected chi connectivity index (χ3v) is 3.51. The predicted molar refractivity (Wildman–Crippen MR) is 87.0 cm³/mol. The molecule has 0 aliphatic heterocycles. The quantitative estimate of drug-likeness (QED) is 0.811. The minimum Gasteiger partial charge on any atom is -0.497 e. The fourth-order valence-corrected chi connectivity index (χ4v) is 2.33. The molecular weight excluding hydrogens is 296 g/mol. The first-order valence-electron chi connectivity index (χ1n) is 7.27. The van der Waals surface area contributed by atoms with Crippen LogP contribution in [-0.4, -0.2) is 26.4 Å². The maximum atomic E-state index is 9.46. The van der Waals surface area contributed by atoms with Crippen LogP contribution in [0.15, 0.2) is 36.4 Å². The van der Waals surface area contributed by atoms with E-state index < -0.39 is 0 Å². The largest absolute Gasteiger partial charge is 0.497 e. The first-order valence-corrected chi connectivity index (χ1v) is 7.27. The molecule has 124 valence electrons. The van der Waals surface area contributed by atoms with E-state index in [4.69, 9.17) is 18.9 Å². The van der Waals surface area contributed by atoms with Gasteiger partial charge in [-0.25, -0.2) is 0 Å². The molecule has 0 aromatic heterocycles. The fourth-order valence-electron chi connectivity index (χ4n) is 2.33. The second-order valence-corrected chi connectivity index (χ2v) is 4.98. The Balaban J connectivity index is 2.06. The van der Waals surface area contributed by atoms with Crippen molar-refractivity contribution in [3.05, 3.63) is 53.1 Å². The summed E-state index contributed by atoms with van der Waals surface area (Å²) in [5.74, 6) is 2.11. The second-order valence-electron chi connectivity index (χ2n) is 4.98. The molecule has 0 aliphatic carbocycles. The summed E-state index contributed by atoms with van der Waals surface area (Å²) in [4.78, 5) is 0.